The minimum Gasteiger partial charge on any atom is -0.291 e. The molecule has 0 bridgehead atoms. The molecule has 5 heteroatoms. The Kier molecular flexibility index (Phi) is 5.65. The third-order valence-corrected chi connectivity index (χ3v) is 2.56. The van der Waals surface area contributed by atoms with Gasteiger partial charge in [0.2, 0.25) is 11.0 Å². The molecule has 1 aromatic carbocycles. The van der Waals surface area contributed by atoms with E-state index in [-0.39, 0.29) is 25.7 Å². The normalized spacial score (nSPS) is 10.1. The van der Waals surface area contributed by atoms with Gasteiger partial charge in [0.1, 0.15) is 5.82 Å². The van der Waals surface area contributed by atoms with Crippen LogP contribution in [0.25, 0.3) is 0 Å². The number of ketones is 2. The van der Waals surface area contributed by atoms with Crippen LogP contribution in [0.4, 0.5) is 4.39 Å². The van der Waals surface area contributed by atoms with Crippen LogP contribution < -0.4 is 0 Å². The Balaban J connectivity index is 2.42. The number of hydrogen-bond donors (Lipinski definition) is 0. The molecule has 0 amide bonds. The van der Waals surface area contributed by atoms with Gasteiger partial charge in [-0.3, -0.25) is 14.4 Å². The van der Waals surface area contributed by atoms with Crippen LogP contribution >= 0.6 is 11.6 Å². The lowest BCUT2D eigenvalue weighted by molar-refractivity contribution is -0.136. The summed E-state index contributed by atoms with van der Waals surface area (Å²) in [6.45, 7) is 0. The molecule has 0 saturated heterocycles. The van der Waals surface area contributed by atoms with Crippen LogP contribution in [-0.4, -0.2) is 16.8 Å². The fraction of sp³-hybridized carbons (Fsp3) is 0.308. The van der Waals surface area contributed by atoms with Crippen LogP contribution in [0.5, 0.6) is 0 Å². The van der Waals surface area contributed by atoms with Gasteiger partial charge in [-0.2, -0.15) is 0 Å². The van der Waals surface area contributed by atoms with Crippen LogP contribution in [0.3, 0.4) is 0 Å². The second-order valence-corrected chi connectivity index (χ2v) is 4.28. The van der Waals surface area contributed by atoms with E-state index in [1.807, 2.05) is 0 Å². The highest BCUT2D eigenvalue weighted by Gasteiger charge is 2.14. The number of rotatable bonds is 7. The van der Waals surface area contributed by atoms with Crippen molar-refractivity contribution in [2.75, 3.05) is 0 Å². The standard InChI is InChI=1S/C13H12ClFO3/c14-13(18)3-1-2-11(16)12(17)8-9-4-6-10(15)7-5-9/h4-7H,1-3,8H2. The monoisotopic (exact) mass is 270 g/mol. The van der Waals surface area contributed by atoms with Crippen molar-refractivity contribution in [3.8, 4) is 0 Å². The molecule has 0 unspecified atom stereocenters. The average Bonchev–Trinajstić information content (AvgIpc) is 2.31. The molecular formula is C13H12ClFO3. The molecule has 1 rings (SSSR count). The molecule has 0 radical (unpaired) electrons. The quantitative estimate of drug-likeness (QED) is 0.565. The van der Waals surface area contributed by atoms with E-state index in [1.165, 1.54) is 24.3 Å². The number of Topliss-reactive ketones (excluding diaryl/α,β-unsaturated/α-hetero) is 2. The lowest BCUT2D eigenvalue weighted by atomic mass is 10.0. The summed E-state index contributed by atoms with van der Waals surface area (Å²) in [4.78, 5) is 33.4. The molecule has 18 heavy (non-hydrogen) atoms. The van der Waals surface area contributed by atoms with E-state index < -0.39 is 22.6 Å². The van der Waals surface area contributed by atoms with Gasteiger partial charge in [0.05, 0.1) is 0 Å². The van der Waals surface area contributed by atoms with Crippen molar-refractivity contribution in [1.82, 2.24) is 0 Å². The highest BCUT2D eigenvalue weighted by atomic mass is 35.5. The Morgan fingerprint density at radius 2 is 1.61 bits per heavy atom. The molecule has 0 heterocycles. The largest absolute Gasteiger partial charge is 0.291 e. The van der Waals surface area contributed by atoms with Gasteiger partial charge in [0.25, 0.3) is 0 Å². The Bertz CT molecular complexity index is 454. The van der Waals surface area contributed by atoms with Crippen molar-refractivity contribution < 1.29 is 18.8 Å². The maximum atomic E-state index is 12.6. The van der Waals surface area contributed by atoms with E-state index in [4.69, 9.17) is 11.6 Å². The number of benzene rings is 1. The van der Waals surface area contributed by atoms with Crippen LogP contribution in [-0.2, 0) is 20.8 Å². The maximum absolute atomic E-state index is 12.6. The summed E-state index contributed by atoms with van der Waals surface area (Å²) in [5.74, 6) is -1.46. The summed E-state index contributed by atoms with van der Waals surface area (Å²) < 4.78 is 12.6. The van der Waals surface area contributed by atoms with Crippen molar-refractivity contribution in [3.05, 3.63) is 35.6 Å². The van der Waals surface area contributed by atoms with Crippen molar-refractivity contribution in [3.63, 3.8) is 0 Å². The molecule has 0 aliphatic carbocycles. The zero-order valence-electron chi connectivity index (χ0n) is 9.62. The Labute approximate surface area is 109 Å². The minimum atomic E-state index is -0.538. The fourth-order valence-electron chi connectivity index (χ4n) is 1.41. The van der Waals surface area contributed by atoms with Gasteiger partial charge >= 0.3 is 0 Å². The molecule has 0 N–H and O–H groups in total. The highest BCUT2D eigenvalue weighted by Crippen LogP contribution is 2.06. The van der Waals surface area contributed by atoms with E-state index in [2.05, 4.69) is 0 Å². The second-order valence-electron chi connectivity index (χ2n) is 3.86. The van der Waals surface area contributed by atoms with Crippen molar-refractivity contribution in [1.29, 1.82) is 0 Å². The Hall–Kier alpha value is -1.55. The summed E-state index contributed by atoms with van der Waals surface area (Å²) >= 11 is 5.11. The van der Waals surface area contributed by atoms with E-state index in [0.29, 0.717) is 5.56 Å². The first-order valence-electron chi connectivity index (χ1n) is 5.48. The number of halogens is 2. The van der Waals surface area contributed by atoms with Gasteiger partial charge in [-0.1, -0.05) is 12.1 Å². The molecule has 0 atom stereocenters. The lowest BCUT2D eigenvalue weighted by Gasteiger charge is -2.00. The van der Waals surface area contributed by atoms with E-state index in [9.17, 15) is 18.8 Å². The highest BCUT2D eigenvalue weighted by molar-refractivity contribution is 6.63. The Morgan fingerprint density at radius 3 is 2.17 bits per heavy atom. The summed E-state index contributed by atoms with van der Waals surface area (Å²) in [6.07, 6.45) is 0.319. The van der Waals surface area contributed by atoms with Crippen molar-refractivity contribution in [2.24, 2.45) is 0 Å². The summed E-state index contributed by atoms with van der Waals surface area (Å²) in [7, 11) is 0. The van der Waals surface area contributed by atoms with E-state index in [1.54, 1.807) is 0 Å². The van der Waals surface area contributed by atoms with Crippen LogP contribution in [0.2, 0.25) is 0 Å². The lowest BCUT2D eigenvalue weighted by Crippen LogP contribution is -2.16. The van der Waals surface area contributed by atoms with Gasteiger partial charge in [-0.15, -0.1) is 0 Å². The molecule has 0 fully saturated rings. The molecule has 0 aliphatic rings. The van der Waals surface area contributed by atoms with Gasteiger partial charge in [-0.05, 0) is 35.7 Å². The van der Waals surface area contributed by atoms with Crippen LogP contribution in [0, 0.1) is 5.82 Å². The predicted molar refractivity (Wildman–Crippen MR) is 64.8 cm³/mol. The predicted octanol–water partition coefficient (Wildman–Crippen LogP) is 2.44. The minimum absolute atomic E-state index is 0.0124. The molecule has 0 saturated carbocycles. The topological polar surface area (TPSA) is 51.2 Å². The first-order valence-corrected chi connectivity index (χ1v) is 5.85. The van der Waals surface area contributed by atoms with E-state index >= 15 is 0 Å². The first-order chi connectivity index (χ1) is 8.49. The van der Waals surface area contributed by atoms with Crippen LogP contribution in [0.15, 0.2) is 24.3 Å². The molecule has 1 aromatic rings. The average molecular weight is 271 g/mol. The third kappa shape index (κ3) is 5.19. The molecule has 3 nitrogen and oxygen atoms in total. The first kappa shape index (κ1) is 14.5. The number of hydrogen-bond acceptors (Lipinski definition) is 3. The zero-order chi connectivity index (χ0) is 13.5. The summed E-state index contributed by atoms with van der Waals surface area (Å²) in [6, 6.07) is 5.39. The zero-order valence-corrected chi connectivity index (χ0v) is 10.4. The fourth-order valence-corrected chi connectivity index (χ4v) is 1.55. The SMILES string of the molecule is O=C(Cl)CCCC(=O)C(=O)Cc1ccc(F)cc1. The molecule has 0 spiro atoms. The number of carbonyl (C=O) groups excluding carboxylic acids is 3. The van der Waals surface area contributed by atoms with Crippen LogP contribution in [0.1, 0.15) is 24.8 Å². The Morgan fingerprint density at radius 1 is 1.00 bits per heavy atom. The molecular weight excluding hydrogens is 259 g/mol. The maximum Gasteiger partial charge on any atom is 0.221 e. The summed E-state index contributed by atoms with van der Waals surface area (Å²) in [5, 5.41) is -0.520. The molecule has 96 valence electrons. The smallest absolute Gasteiger partial charge is 0.221 e. The van der Waals surface area contributed by atoms with Gasteiger partial charge in [0.15, 0.2) is 5.78 Å². The molecule has 0 aliphatic heterocycles. The second kappa shape index (κ2) is 7.01. The van der Waals surface area contributed by atoms with Crippen molar-refractivity contribution >= 4 is 28.4 Å². The summed E-state index contributed by atoms with van der Waals surface area (Å²) in [5.41, 5.74) is 0.586. The van der Waals surface area contributed by atoms with Crippen molar-refractivity contribution in [2.45, 2.75) is 25.7 Å². The van der Waals surface area contributed by atoms with E-state index in [0.717, 1.165) is 0 Å². The van der Waals surface area contributed by atoms with Gasteiger partial charge in [-0.25, -0.2) is 4.39 Å². The van der Waals surface area contributed by atoms with Gasteiger partial charge in [0, 0.05) is 19.3 Å². The third-order valence-electron chi connectivity index (χ3n) is 2.37. The molecule has 0 aromatic heterocycles. The number of carbonyl (C=O) groups is 3. The van der Waals surface area contributed by atoms with Gasteiger partial charge < -0.3 is 0 Å².